The van der Waals surface area contributed by atoms with Crippen molar-refractivity contribution in [1.29, 1.82) is 0 Å². The van der Waals surface area contributed by atoms with Crippen LogP contribution in [0.15, 0.2) is 12.7 Å². The number of rotatable bonds is 12. The zero-order valence-electron chi connectivity index (χ0n) is 27.0. The van der Waals surface area contributed by atoms with Crippen molar-refractivity contribution < 1.29 is 19.1 Å². The Kier molecular flexibility index (Phi) is 30.7. The summed E-state index contributed by atoms with van der Waals surface area (Å²) in [6.45, 7) is 31.7. The van der Waals surface area contributed by atoms with E-state index < -0.39 is 0 Å². The SMILES string of the molecule is C=CCN(CCNCC=O)CCNCC=O.CC(C)(C)C.CC1CC1.COC(C)(C)C.COC(C)(C)C. The predicted molar refractivity (Wildman–Crippen MR) is 162 cm³/mol. The van der Waals surface area contributed by atoms with Crippen LogP contribution in [0.5, 0.6) is 0 Å². The molecule has 1 rings (SSSR count). The van der Waals surface area contributed by atoms with E-state index in [0.29, 0.717) is 18.5 Å². The van der Waals surface area contributed by atoms with Crippen molar-refractivity contribution in [1.82, 2.24) is 15.5 Å². The summed E-state index contributed by atoms with van der Waals surface area (Å²) in [5, 5.41) is 6.01. The molecule has 0 aliphatic heterocycles. The molecule has 0 bridgehead atoms. The fraction of sp³-hybridized carbons (Fsp3) is 0.867. The Morgan fingerprint density at radius 2 is 1.05 bits per heavy atom. The van der Waals surface area contributed by atoms with Crippen molar-refractivity contribution in [2.24, 2.45) is 11.3 Å². The molecule has 0 spiro atoms. The number of carbonyl (C=O) groups is 2. The summed E-state index contributed by atoms with van der Waals surface area (Å²) in [5.41, 5.74) is 0.583. The third kappa shape index (κ3) is 72.0. The smallest absolute Gasteiger partial charge is 0.133 e. The molecule has 1 aliphatic rings. The zero-order valence-corrected chi connectivity index (χ0v) is 27.0. The van der Waals surface area contributed by atoms with Crippen LogP contribution in [0, 0.1) is 11.3 Å². The lowest BCUT2D eigenvalue weighted by Gasteiger charge is -2.20. The maximum absolute atomic E-state index is 10.1. The zero-order chi connectivity index (χ0) is 30.0. The second-order valence-corrected chi connectivity index (χ2v) is 12.6. The third-order valence-electron chi connectivity index (χ3n) is 4.14. The van der Waals surface area contributed by atoms with Gasteiger partial charge in [0.25, 0.3) is 0 Å². The highest BCUT2D eigenvalue weighted by atomic mass is 16.5. The predicted octanol–water partition coefficient (Wildman–Crippen LogP) is 5.38. The lowest BCUT2D eigenvalue weighted by molar-refractivity contribution is -0.107. The molecule has 37 heavy (non-hydrogen) atoms. The Morgan fingerprint density at radius 3 is 1.22 bits per heavy atom. The second kappa shape index (κ2) is 26.5. The number of hydrogen-bond acceptors (Lipinski definition) is 7. The van der Waals surface area contributed by atoms with Crippen LogP contribution in [0.4, 0.5) is 0 Å². The Bertz CT molecular complexity index is 466. The highest BCUT2D eigenvalue weighted by molar-refractivity contribution is 5.52. The van der Waals surface area contributed by atoms with Crippen LogP contribution in [0.1, 0.15) is 89.0 Å². The van der Waals surface area contributed by atoms with Crippen molar-refractivity contribution >= 4 is 12.6 Å². The summed E-state index contributed by atoms with van der Waals surface area (Å²) < 4.78 is 9.88. The van der Waals surface area contributed by atoms with Crippen molar-refractivity contribution in [2.45, 2.75) is 100 Å². The molecule has 0 unspecified atom stereocenters. The van der Waals surface area contributed by atoms with Crippen LogP contribution in [-0.4, -0.2) is 88.7 Å². The van der Waals surface area contributed by atoms with E-state index in [1.807, 2.05) is 47.6 Å². The highest BCUT2D eigenvalue weighted by Gasteiger charge is 2.12. The molecular weight excluding hydrogens is 466 g/mol. The number of nitrogens with one attached hydrogen (secondary N) is 2. The van der Waals surface area contributed by atoms with Gasteiger partial charge < -0.3 is 29.7 Å². The molecule has 7 nitrogen and oxygen atoms in total. The minimum atomic E-state index is 0.0417. The van der Waals surface area contributed by atoms with Gasteiger partial charge in [-0.2, -0.15) is 0 Å². The quantitative estimate of drug-likeness (QED) is 0.199. The van der Waals surface area contributed by atoms with E-state index in [2.05, 4.69) is 56.7 Å². The normalized spacial score (nSPS) is 12.8. The molecule has 1 fully saturated rings. The Labute approximate surface area is 231 Å². The maximum atomic E-state index is 10.1. The summed E-state index contributed by atoms with van der Waals surface area (Å²) in [6.07, 6.45) is 6.52. The van der Waals surface area contributed by atoms with E-state index >= 15 is 0 Å². The summed E-state index contributed by atoms with van der Waals surface area (Å²) >= 11 is 0. The van der Waals surface area contributed by atoms with E-state index in [4.69, 9.17) is 9.47 Å². The van der Waals surface area contributed by atoms with Gasteiger partial charge in [-0.05, 0) is 52.9 Å². The fourth-order valence-electron chi connectivity index (χ4n) is 1.44. The molecule has 0 amide bonds. The van der Waals surface area contributed by atoms with Crippen LogP contribution < -0.4 is 10.6 Å². The number of aldehydes is 2. The summed E-state index contributed by atoms with van der Waals surface area (Å²) in [7, 11) is 3.42. The minimum Gasteiger partial charge on any atom is -0.379 e. The molecule has 0 aromatic rings. The van der Waals surface area contributed by atoms with Crippen LogP contribution in [0.3, 0.4) is 0 Å². The Hall–Kier alpha value is -1.12. The van der Waals surface area contributed by atoms with Crippen molar-refractivity contribution in [2.75, 3.05) is 60.0 Å². The number of ether oxygens (including phenoxy) is 2. The van der Waals surface area contributed by atoms with E-state index in [-0.39, 0.29) is 11.2 Å². The number of hydrogen-bond donors (Lipinski definition) is 2. The molecule has 2 N–H and O–H groups in total. The summed E-state index contributed by atoms with van der Waals surface area (Å²) in [5.74, 6) is 1.08. The first-order valence-corrected chi connectivity index (χ1v) is 13.6. The van der Waals surface area contributed by atoms with Crippen molar-refractivity contribution in [3.8, 4) is 0 Å². The lowest BCUT2D eigenvalue weighted by Crippen LogP contribution is -2.37. The number of carbonyl (C=O) groups excluding carboxylic acids is 2. The minimum absolute atomic E-state index is 0.0417. The molecule has 0 saturated heterocycles. The van der Waals surface area contributed by atoms with Crippen LogP contribution in [-0.2, 0) is 19.1 Å². The molecule has 0 aromatic heterocycles. The maximum Gasteiger partial charge on any atom is 0.133 e. The van der Waals surface area contributed by atoms with Crippen LogP contribution >= 0.6 is 0 Å². The monoisotopic (exact) mass is 531 g/mol. The van der Waals surface area contributed by atoms with Gasteiger partial charge in [-0.3, -0.25) is 4.90 Å². The standard InChI is InChI=1S/C11H21N3O2.2C5H12O.C5H12.C4H8/c1-2-7-14(8-3-12-5-10-15)9-4-13-6-11-16;2*1-5(2,3)6-4;1-5(2,3)4;1-4-2-3-4/h2,10-13H,1,3-9H2;2*1-4H3;1-4H3;4H,2-3H2,1H3. The van der Waals surface area contributed by atoms with Gasteiger partial charge in [0.2, 0.25) is 0 Å². The molecular formula is C30H65N3O4. The largest absolute Gasteiger partial charge is 0.379 e. The first-order chi connectivity index (χ1) is 16.9. The average Bonchev–Trinajstić information content (AvgIpc) is 3.55. The molecule has 0 radical (unpaired) electrons. The third-order valence-corrected chi connectivity index (χ3v) is 4.14. The topological polar surface area (TPSA) is 79.9 Å². The van der Waals surface area contributed by atoms with Gasteiger partial charge in [-0.15, -0.1) is 6.58 Å². The molecule has 7 heteroatoms. The van der Waals surface area contributed by atoms with Gasteiger partial charge >= 0.3 is 0 Å². The fourth-order valence-corrected chi connectivity index (χ4v) is 1.44. The Balaban J connectivity index is -0.000000212. The van der Waals surface area contributed by atoms with Gasteiger partial charge in [0.05, 0.1) is 24.3 Å². The van der Waals surface area contributed by atoms with Gasteiger partial charge in [0.15, 0.2) is 0 Å². The summed E-state index contributed by atoms with van der Waals surface area (Å²) in [4.78, 5) is 22.4. The first-order valence-electron chi connectivity index (χ1n) is 13.6. The van der Waals surface area contributed by atoms with E-state index in [1.165, 1.54) is 12.8 Å². The van der Waals surface area contributed by atoms with E-state index in [9.17, 15) is 9.59 Å². The summed E-state index contributed by atoms with van der Waals surface area (Å²) in [6, 6.07) is 0. The lowest BCUT2D eigenvalue weighted by atomic mass is 10.0. The molecule has 0 heterocycles. The van der Waals surface area contributed by atoms with Gasteiger partial charge in [0.1, 0.15) is 12.6 Å². The van der Waals surface area contributed by atoms with Crippen LogP contribution in [0.2, 0.25) is 0 Å². The molecule has 224 valence electrons. The first kappa shape index (κ1) is 43.0. The Morgan fingerprint density at radius 1 is 0.784 bits per heavy atom. The second-order valence-electron chi connectivity index (χ2n) is 12.6. The molecule has 0 aromatic carbocycles. The van der Waals surface area contributed by atoms with E-state index in [0.717, 1.165) is 51.2 Å². The van der Waals surface area contributed by atoms with Crippen molar-refractivity contribution in [3.63, 3.8) is 0 Å². The molecule has 1 saturated carbocycles. The average molecular weight is 532 g/mol. The molecule has 1 aliphatic carbocycles. The molecule has 0 atom stereocenters. The van der Waals surface area contributed by atoms with E-state index in [1.54, 1.807) is 14.2 Å². The van der Waals surface area contributed by atoms with Crippen molar-refractivity contribution in [3.05, 3.63) is 12.7 Å². The van der Waals surface area contributed by atoms with Gasteiger partial charge in [-0.25, -0.2) is 0 Å². The van der Waals surface area contributed by atoms with Crippen LogP contribution in [0.25, 0.3) is 0 Å². The number of methoxy groups -OCH3 is 2. The van der Waals surface area contributed by atoms with Gasteiger partial charge in [-0.1, -0.05) is 53.5 Å². The highest BCUT2D eigenvalue weighted by Crippen LogP contribution is 2.26. The van der Waals surface area contributed by atoms with Gasteiger partial charge in [0, 0.05) is 46.9 Å². The number of nitrogens with zero attached hydrogens (tertiary/aromatic N) is 1.